The zero-order valence-corrected chi connectivity index (χ0v) is 15.1. The van der Waals surface area contributed by atoms with Crippen LogP contribution in [-0.4, -0.2) is 75.8 Å². The minimum Gasteiger partial charge on any atom is -0.496 e. The highest BCUT2D eigenvalue weighted by molar-refractivity contribution is 5.78. The maximum Gasteiger partial charge on any atom is 0.234 e. The molecule has 2 rings (SSSR count). The van der Waals surface area contributed by atoms with Crippen molar-refractivity contribution in [2.75, 3.05) is 54.0 Å². The fraction of sp³-hybridized carbons (Fsp3) is 0.611. The van der Waals surface area contributed by atoms with Crippen LogP contribution in [0.1, 0.15) is 18.5 Å². The van der Waals surface area contributed by atoms with Crippen LogP contribution in [-0.2, 0) is 9.53 Å². The molecule has 0 bridgehead atoms. The van der Waals surface area contributed by atoms with Crippen molar-refractivity contribution in [1.82, 2.24) is 15.1 Å². The Balaban J connectivity index is 1.86. The van der Waals surface area contributed by atoms with Crippen LogP contribution in [0, 0.1) is 0 Å². The number of morpholine rings is 1. The molecule has 1 saturated heterocycles. The van der Waals surface area contributed by atoms with E-state index in [9.17, 15) is 4.79 Å². The number of hydrogen-bond donors (Lipinski definition) is 1. The van der Waals surface area contributed by atoms with E-state index in [0.717, 1.165) is 30.9 Å². The molecule has 0 aromatic heterocycles. The third kappa shape index (κ3) is 5.47. The van der Waals surface area contributed by atoms with Crippen molar-refractivity contribution in [2.45, 2.75) is 19.1 Å². The molecule has 24 heavy (non-hydrogen) atoms. The highest BCUT2D eigenvalue weighted by Gasteiger charge is 2.23. The highest BCUT2D eigenvalue weighted by atomic mass is 16.5. The minimum atomic E-state index is -0.0905. The molecular weight excluding hydrogens is 306 g/mol. The molecular formula is C18H29N3O3. The number of hydrogen-bond acceptors (Lipinski definition) is 5. The SMILES string of the molecule is COc1ccccc1[C@H](C)NC(=O)CN1CCO[C@H](CN(C)C)C1. The number of nitrogens with zero attached hydrogens (tertiary/aromatic N) is 2. The molecule has 1 amide bonds. The van der Waals surface area contributed by atoms with Gasteiger partial charge in [0.2, 0.25) is 5.91 Å². The normalized spacial score (nSPS) is 20.0. The average Bonchev–Trinajstić information content (AvgIpc) is 2.54. The zero-order chi connectivity index (χ0) is 17.5. The van der Waals surface area contributed by atoms with Crippen LogP contribution in [0.5, 0.6) is 5.75 Å². The van der Waals surface area contributed by atoms with E-state index in [-0.39, 0.29) is 18.1 Å². The summed E-state index contributed by atoms with van der Waals surface area (Å²) in [5, 5.41) is 3.06. The van der Waals surface area contributed by atoms with Gasteiger partial charge >= 0.3 is 0 Å². The molecule has 0 saturated carbocycles. The molecule has 1 aliphatic rings. The van der Waals surface area contributed by atoms with E-state index in [2.05, 4.69) is 15.1 Å². The van der Waals surface area contributed by atoms with E-state index in [1.807, 2.05) is 45.3 Å². The molecule has 0 radical (unpaired) electrons. The summed E-state index contributed by atoms with van der Waals surface area (Å²) < 4.78 is 11.1. The summed E-state index contributed by atoms with van der Waals surface area (Å²) in [5.41, 5.74) is 0.987. The molecule has 0 unspecified atom stereocenters. The fourth-order valence-electron chi connectivity index (χ4n) is 3.03. The molecule has 1 heterocycles. The number of methoxy groups -OCH3 is 1. The van der Waals surface area contributed by atoms with Gasteiger partial charge in [-0.1, -0.05) is 18.2 Å². The van der Waals surface area contributed by atoms with Gasteiger partial charge in [-0.3, -0.25) is 9.69 Å². The van der Waals surface area contributed by atoms with E-state index >= 15 is 0 Å². The first-order chi connectivity index (χ1) is 11.5. The molecule has 0 spiro atoms. The Morgan fingerprint density at radius 3 is 2.92 bits per heavy atom. The van der Waals surface area contributed by atoms with Gasteiger partial charge < -0.3 is 19.7 Å². The second-order valence-corrected chi connectivity index (χ2v) is 6.52. The number of para-hydroxylation sites is 1. The first kappa shape index (κ1) is 18.7. The Morgan fingerprint density at radius 2 is 2.21 bits per heavy atom. The van der Waals surface area contributed by atoms with Gasteiger partial charge in [-0.15, -0.1) is 0 Å². The summed E-state index contributed by atoms with van der Waals surface area (Å²) in [6.07, 6.45) is 0.160. The van der Waals surface area contributed by atoms with E-state index in [0.29, 0.717) is 13.2 Å². The Morgan fingerprint density at radius 1 is 1.46 bits per heavy atom. The molecule has 6 heteroatoms. The van der Waals surface area contributed by atoms with Crippen molar-refractivity contribution >= 4 is 5.91 Å². The third-order valence-electron chi connectivity index (χ3n) is 4.14. The third-order valence-corrected chi connectivity index (χ3v) is 4.14. The molecule has 1 N–H and O–H groups in total. The first-order valence-corrected chi connectivity index (χ1v) is 8.40. The number of carbonyl (C=O) groups excluding carboxylic acids is 1. The minimum absolute atomic E-state index is 0.0268. The lowest BCUT2D eigenvalue weighted by Gasteiger charge is -2.34. The van der Waals surface area contributed by atoms with Crippen molar-refractivity contribution < 1.29 is 14.3 Å². The summed E-state index contributed by atoms with van der Waals surface area (Å²) in [6.45, 7) is 5.50. The Kier molecular flexibility index (Phi) is 7.02. The monoisotopic (exact) mass is 335 g/mol. The van der Waals surface area contributed by atoms with Gasteiger partial charge in [0, 0.05) is 25.2 Å². The van der Waals surface area contributed by atoms with Gasteiger partial charge in [0.15, 0.2) is 0 Å². The van der Waals surface area contributed by atoms with Gasteiger partial charge in [0.1, 0.15) is 5.75 Å². The van der Waals surface area contributed by atoms with Gasteiger partial charge in [0.25, 0.3) is 0 Å². The van der Waals surface area contributed by atoms with Gasteiger partial charge in [-0.25, -0.2) is 0 Å². The number of rotatable bonds is 7. The number of nitrogens with one attached hydrogen (secondary N) is 1. The second kappa shape index (κ2) is 9.01. The first-order valence-electron chi connectivity index (χ1n) is 8.40. The lowest BCUT2D eigenvalue weighted by atomic mass is 10.1. The van der Waals surface area contributed by atoms with Crippen LogP contribution in [0.25, 0.3) is 0 Å². The maximum atomic E-state index is 12.4. The van der Waals surface area contributed by atoms with Crippen LogP contribution >= 0.6 is 0 Å². The summed E-state index contributed by atoms with van der Waals surface area (Å²) >= 11 is 0. The van der Waals surface area contributed by atoms with E-state index in [4.69, 9.17) is 9.47 Å². The van der Waals surface area contributed by atoms with Crippen LogP contribution in [0.15, 0.2) is 24.3 Å². The number of ether oxygens (including phenoxy) is 2. The molecule has 0 aliphatic carbocycles. The molecule has 1 aliphatic heterocycles. The standard InChI is InChI=1S/C18H29N3O3/c1-14(16-7-5-6-8-17(16)23-4)19-18(22)13-21-9-10-24-15(12-21)11-20(2)3/h5-8,14-15H,9-13H2,1-4H3,(H,19,22)/t14-,15+/m0/s1. The average molecular weight is 335 g/mol. The maximum absolute atomic E-state index is 12.4. The molecule has 1 fully saturated rings. The molecule has 1 aromatic carbocycles. The number of carbonyl (C=O) groups is 1. The predicted octanol–water partition coefficient (Wildman–Crippen LogP) is 1.13. The van der Waals surface area contributed by atoms with Crippen molar-refractivity contribution in [3.05, 3.63) is 29.8 Å². The summed E-state index contributed by atoms with van der Waals surface area (Å²) in [6, 6.07) is 7.67. The highest BCUT2D eigenvalue weighted by Crippen LogP contribution is 2.24. The number of amides is 1. The summed E-state index contributed by atoms with van der Waals surface area (Å²) in [7, 11) is 5.71. The van der Waals surface area contributed by atoms with E-state index in [1.54, 1.807) is 7.11 Å². The van der Waals surface area contributed by atoms with E-state index in [1.165, 1.54) is 0 Å². The summed E-state index contributed by atoms with van der Waals surface area (Å²) in [5.74, 6) is 0.821. The van der Waals surface area contributed by atoms with Gasteiger partial charge in [-0.2, -0.15) is 0 Å². The van der Waals surface area contributed by atoms with Crippen molar-refractivity contribution in [2.24, 2.45) is 0 Å². The van der Waals surface area contributed by atoms with Crippen LogP contribution in [0.4, 0.5) is 0 Å². The lowest BCUT2D eigenvalue weighted by molar-refractivity contribution is -0.125. The van der Waals surface area contributed by atoms with Gasteiger partial charge in [0.05, 0.1) is 32.4 Å². The van der Waals surface area contributed by atoms with E-state index < -0.39 is 0 Å². The zero-order valence-electron chi connectivity index (χ0n) is 15.1. The predicted molar refractivity (Wildman–Crippen MR) is 94.3 cm³/mol. The Hall–Kier alpha value is -1.63. The second-order valence-electron chi connectivity index (χ2n) is 6.52. The number of benzene rings is 1. The number of likely N-dealkylation sites (N-methyl/N-ethyl adjacent to an activating group) is 1. The summed E-state index contributed by atoms with van der Waals surface area (Å²) in [4.78, 5) is 16.6. The van der Waals surface area contributed by atoms with Crippen LogP contribution in [0.3, 0.4) is 0 Å². The topological polar surface area (TPSA) is 54.0 Å². The van der Waals surface area contributed by atoms with Crippen molar-refractivity contribution in [1.29, 1.82) is 0 Å². The Labute approximate surface area is 144 Å². The smallest absolute Gasteiger partial charge is 0.234 e. The van der Waals surface area contributed by atoms with Crippen LogP contribution in [0.2, 0.25) is 0 Å². The largest absolute Gasteiger partial charge is 0.496 e. The Bertz CT molecular complexity index is 536. The van der Waals surface area contributed by atoms with Crippen molar-refractivity contribution in [3.63, 3.8) is 0 Å². The van der Waals surface area contributed by atoms with Crippen molar-refractivity contribution in [3.8, 4) is 5.75 Å². The van der Waals surface area contributed by atoms with Gasteiger partial charge in [-0.05, 0) is 27.1 Å². The molecule has 6 nitrogen and oxygen atoms in total. The quantitative estimate of drug-likeness (QED) is 0.810. The van der Waals surface area contributed by atoms with Crippen LogP contribution < -0.4 is 10.1 Å². The molecule has 134 valence electrons. The molecule has 1 aromatic rings. The fourth-order valence-corrected chi connectivity index (χ4v) is 3.03. The lowest BCUT2D eigenvalue weighted by Crippen LogP contribution is -2.49. The molecule has 2 atom stereocenters.